The first-order chi connectivity index (χ1) is 14.2. The Labute approximate surface area is 176 Å². The van der Waals surface area contributed by atoms with Gasteiger partial charge in [-0.15, -0.1) is 0 Å². The highest BCUT2D eigenvalue weighted by molar-refractivity contribution is 7.90. The number of nitrogens with zero attached hydrogens (tertiary/aromatic N) is 2. The fourth-order valence-corrected chi connectivity index (χ4v) is 3.32. The smallest absolute Gasteiger partial charge is 0.326 e. The van der Waals surface area contributed by atoms with Crippen LogP contribution in [0, 0.1) is 5.92 Å². The van der Waals surface area contributed by atoms with Gasteiger partial charge in [0.2, 0.25) is 0 Å². The van der Waals surface area contributed by atoms with Crippen LogP contribution in [0.25, 0.3) is 11.3 Å². The third kappa shape index (κ3) is 5.70. The molecule has 1 heterocycles. The molecule has 0 aliphatic carbocycles. The summed E-state index contributed by atoms with van der Waals surface area (Å²) in [6.45, 7) is 5.01. The Kier molecular flexibility index (Phi) is 6.56. The Morgan fingerprint density at radius 3 is 2.37 bits per heavy atom. The zero-order chi connectivity index (χ0) is 21.7. The van der Waals surface area contributed by atoms with E-state index in [1.54, 1.807) is 30.5 Å². The number of sulfone groups is 1. The first-order valence-corrected chi connectivity index (χ1v) is 11.5. The summed E-state index contributed by atoms with van der Waals surface area (Å²) in [5.41, 5.74) is 2.44. The molecule has 3 rings (SSSR count). The maximum absolute atomic E-state index is 12.1. The molecule has 2 aromatic carbocycles. The minimum absolute atomic E-state index is 0.204. The molecule has 1 aromatic heterocycles. The second-order valence-electron chi connectivity index (χ2n) is 7.48. The predicted molar refractivity (Wildman–Crippen MR) is 115 cm³/mol. The van der Waals surface area contributed by atoms with E-state index in [4.69, 9.17) is 4.74 Å². The number of hydrogen-bond acceptors (Lipinski definition) is 5. The highest BCUT2D eigenvalue weighted by Gasteiger charge is 2.09. The van der Waals surface area contributed by atoms with Gasteiger partial charge in [0.25, 0.3) is 0 Å². The van der Waals surface area contributed by atoms with Gasteiger partial charge in [0.1, 0.15) is 18.7 Å². The van der Waals surface area contributed by atoms with Crippen LogP contribution in [0.4, 0.5) is 4.79 Å². The van der Waals surface area contributed by atoms with Crippen LogP contribution in [0.3, 0.4) is 0 Å². The molecule has 0 atom stereocenters. The molecule has 8 heteroatoms. The first-order valence-electron chi connectivity index (χ1n) is 9.57. The number of carbonyl (C=O) groups excluding carboxylic acids is 1. The minimum Gasteiger partial charge on any atom is -0.489 e. The van der Waals surface area contributed by atoms with Crippen molar-refractivity contribution >= 4 is 15.9 Å². The number of carbonyl (C=O) groups is 1. The van der Waals surface area contributed by atoms with Crippen LogP contribution in [0.15, 0.2) is 66.0 Å². The molecule has 0 aliphatic heterocycles. The lowest BCUT2D eigenvalue weighted by Gasteiger charge is -2.08. The molecule has 0 aliphatic rings. The average molecular weight is 428 g/mol. The number of benzene rings is 2. The first kappa shape index (κ1) is 21.6. The van der Waals surface area contributed by atoms with E-state index >= 15 is 0 Å². The largest absolute Gasteiger partial charge is 0.489 e. The number of hydrogen-bond donors (Lipinski definition) is 1. The Balaban J connectivity index is 1.59. The number of aromatic nitrogens is 2. The maximum atomic E-state index is 12.1. The third-order valence-electron chi connectivity index (χ3n) is 4.39. The van der Waals surface area contributed by atoms with Gasteiger partial charge in [0, 0.05) is 24.6 Å². The highest BCUT2D eigenvalue weighted by atomic mass is 32.2. The molecule has 0 saturated heterocycles. The van der Waals surface area contributed by atoms with Crippen LogP contribution in [0.5, 0.6) is 5.75 Å². The molecule has 0 saturated carbocycles. The highest BCUT2D eigenvalue weighted by Crippen LogP contribution is 2.22. The Bertz CT molecular complexity index is 1100. The van der Waals surface area contributed by atoms with Crippen molar-refractivity contribution in [1.82, 2.24) is 14.9 Å². The topological polar surface area (TPSA) is 90.3 Å². The van der Waals surface area contributed by atoms with Crippen molar-refractivity contribution in [2.75, 3.05) is 12.8 Å². The summed E-state index contributed by atoms with van der Waals surface area (Å²) in [5.74, 6) is 1.06. The zero-order valence-electron chi connectivity index (χ0n) is 17.2. The van der Waals surface area contributed by atoms with E-state index in [0.29, 0.717) is 30.5 Å². The molecular formula is C22H25N3O4S. The SMILES string of the molecule is CC(C)CNC(=O)n1cnc(-c2ccc(OCc3ccc(S(C)(=O)=O)cc3)cc2)c1. The van der Waals surface area contributed by atoms with Crippen molar-refractivity contribution in [3.63, 3.8) is 0 Å². The van der Waals surface area contributed by atoms with E-state index in [2.05, 4.69) is 10.3 Å². The second kappa shape index (κ2) is 9.13. The van der Waals surface area contributed by atoms with Gasteiger partial charge in [-0.3, -0.25) is 4.57 Å². The summed E-state index contributed by atoms with van der Waals surface area (Å²) < 4.78 is 30.2. The molecule has 3 aromatic rings. The monoisotopic (exact) mass is 427 g/mol. The lowest BCUT2D eigenvalue weighted by atomic mass is 10.1. The molecule has 1 amide bonds. The van der Waals surface area contributed by atoms with E-state index in [1.165, 1.54) is 17.2 Å². The molecule has 0 fully saturated rings. The molecule has 0 bridgehead atoms. The number of rotatable bonds is 7. The Hall–Kier alpha value is -3.13. The molecule has 0 radical (unpaired) electrons. The van der Waals surface area contributed by atoms with Gasteiger partial charge in [-0.25, -0.2) is 18.2 Å². The lowest BCUT2D eigenvalue weighted by molar-refractivity contribution is 0.241. The van der Waals surface area contributed by atoms with Crippen LogP contribution in [-0.2, 0) is 16.4 Å². The van der Waals surface area contributed by atoms with E-state index in [9.17, 15) is 13.2 Å². The van der Waals surface area contributed by atoms with Crippen LogP contribution in [0.1, 0.15) is 19.4 Å². The molecular weight excluding hydrogens is 402 g/mol. The minimum atomic E-state index is -3.20. The van der Waals surface area contributed by atoms with Crippen LogP contribution < -0.4 is 10.1 Å². The van der Waals surface area contributed by atoms with E-state index in [-0.39, 0.29) is 10.9 Å². The van der Waals surface area contributed by atoms with Crippen LogP contribution in [-0.4, -0.2) is 36.8 Å². The fraction of sp³-hybridized carbons (Fsp3) is 0.273. The van der Waals surface area contributed by atoms with Crippen molar-refractivity contribution in [2.24, 2.45) is 5.92 Å². The fourth-order valence-electron chi connectivity index (χ4n) is 2.69. The van der Waals surface area contributed by atoms with E-state index < -0.39 is 9.84 Å². The normalized spacial score (nSPS) is 11.5. The van der Waals surface area contributed by atoms with Crippen molar-refractivity contribution in [1.29, 1.82) is 0 Å². The van der Waals surface area contributed by atoms with Gasteiger partial charge in [0.15, 0.2) is 9.84 Å². The predicted octanol–water partition coefficient (Wildman–Crippen LogP) is 3.75. The molecule has 30 heavy (non-hydrogen) atoms. The van der Waals surface area contributed by atoms with Gasteiger partial charge in [0.05, 0.1) is 10.6 Å². The van der Waals surface area contributed by atoms with Gasteiger partial charge < -0.3 is 10.1 Å². The van der Waals surface area contributed by atoms with Gasteiger partial charge in [-0.05, 0) is 47.9 Å². The van der Waals surface area contributed by atoms with Crippen molar-refractivity contribution in [2.45, 2.75) is 25.3 Å². The summed E-state index contributed by atoms with van der Waals surface area (Å²) in [6, 6.07) is 13.8. The average Bonchev–Trinajstić information content (AvgIpc) is 3.21. The summed E-state index contributed by atoms with van der Waals surface area (Å²) in [7, 11) is -3.20. The number of imidazole rings is 1. The summed E-state index contributed by atoms with van der Waals surface area (Å²) in [6.07, 6.45) is 4.37. The summed E-state index contributed by atoms with van der Waals surface area (Å²) >= 11 is 0. The summed E-state index contributed by atoms with van der Waals surface area (Å²) in [4.78, 5) is 16.7. The quantitative estimate of drug-likeness (QED) is 0.620. The Morgan fingerprint density at radius 2 is 1.77 bits per heavy atom. The number of ether oxygens (including phenoxy) is 1. The van der Waals surface area contributed by atoms with Gasteiger partial charge in [-0.2, -0.15) is 0 Å². The van der Waals surface area contributed by atoms with Crippen LogP contribution in [0.2, 0.25) is 0 Å². The molecule has 1 N–H and O–H groups in total. The molecule has 7 nitrogen and oxygen atoms in total. The number of amides is 1. The van der Waals surface area contributed by atoms with Gasteiger partial charge >= 0.3 is 6.03 Å². The second-order valence-corrected chi connectivity index (χ2v) is 9.49. The molecule has 0 unspecified atom stereocenters. The summed E-state index contributed by atoms with van der Waals surface area (Å²) in [5, 5.41) is 2.85. The zero-order valence-corrected chi connectivity index (χ0v) is 18.0. The van der Waals surface area contributed by atoms with E-state index in [1.807, 2.05) is 38.1 Å². The molecule has 0 spiro atoms. The maximum Gasteiger partial charge on any atom is 0.326 e. The van der Waals surface area contributed by atoms with E-state index in [0.717, 1.165) is 11.1 Å². The van der Waals surface area contributed by atoms with Crippen molar-refractivity contribution in [3.05, 3.63) is 66.6 Å². The Morgan fingerprint density at radius 1 is 1.10 bits per heavy atom. The van der Waals surface area contributed by atoms with Crippen molar-refractivity contribution in [3.8, 4) is 17.0 Å². The molecule has 158 valence electrons. The standard InChI is InChI=1S/C22H25N3O4S/c1-16(2)12-23-22(26)25-13-21(24-15-25)18-6-8-19(9-7-18)29-14-17-4-10-20(11-5-17)30(3,27)28/h4-11,13,15-16H,12,14H2,1-3H3,(H,23,26). The number of nitrogens with one attached hydrogen (secondary N) is 1. The van der Waals surface area contributed by atoms with Crippen molar-refractivity contribution < 1.29 is 17.9 Å². The van der Waals surface area contributed by atoms with Crippen LogP contribution >= 0.6 is 0 Å². The third-order valence-corrected chi connectivity index (χ3v) is 5.51. The lowest BCUT2D eigenvalue weighted by Crippen LogP contribution is -2.30. The van der Waals surface area contributed by atoms with Gasteiger partial charge in [-0.1, -0.05) is 26.0 Å².